The van der Waals surface area contributed by atoms with Crippen LogP contribution in [0.3, 0.4) is 0 Å². The van der Waals surface area contributed by atoms with Gasteiger partial charge < -0.3 is 43.2 Å². The second-order valence-electron chi connectivity index (χ2n) is 17.4. The van der Waals surface area contributed by atoms with Crippen molar-refractivity contribution in [1.29, 1.82) is 0 Å². The normalized spacial score (nSPS) is 18.1. The molecule has 0 bridgehead atoms. The van der Waals surface area contributed by atoms with Crippen LogP contribution in [0.4, 0.5) is 0 Å². The maximum absolute atomic E-state index is 13.4. The van der Waals surface area contributed by atoms with Crippen LogP contribution in [-0.2, 0) is 47.6 Å². The van der Waals surface area contributed by atoms with Crippen LogP contribution < -0.4 is 14.8 Å². The quantitative estimate of drug-likeness (QED) is 0.0378. The van der Waals surface area contributed by atoms with Crippen molar-refractivity contribution in [3.63, 3.8) is 0 Å². The topological polar surface area (TPSA) is 171 Å². The Kier molecular flexibility index (Phi) is 31.9. The van der Waals surface area contributed by atoms with Crippen molar-refractivity contribution >= 4 is 29.8 Å². The Labute approximate surface area is 390 Å². The first-order valence-electron chi connectivity index (χ1n) is 25.1. The van der Waals surface area contributed by atoms with Crippen molar-refractivity contribution in [2.45, 2.75) is 226 Å². The highest BCUT2D eigenvalue weighted by atomic mass is 16.7. The van der Waals surface area contributed by atoms with E-state index in [0.717, 1.165) is 44.9 Å². The van der Waals surface area contributed by atoms with E-state index in [2.05, 4.69) is 19.2 Å². The van der Waals surface area contributed by atoms with E-state index in [9.17, 15) is 24.0 Å². The van der Waals surface area contributed by atoms with Crippen molar-refractivity contribution in [2.75, 3.05) is 33.0 Å². The number of benzene rings is 1. The summed E-state index contributed by atoms with van der Waals surface area (Å²) in [5.74, 6) is -1.61. The number of rotatable bonds is 38. The molecule has 0 spiro atoms. The Hall–Kier alpha value is -3.91. The van der Waals surface area contributed by atoms with Gasteiger partial charge in [0.1, 0.15) is 24.2 Å². The standard InChI is InChI=1S/C51H85NO13/c1-7-9-11-13-15-17-19-21-24-28-32-58-44-35-43(36-45(37-44)59-33-29-25-22-20-18-16-14-12-10-8-2)50(57)52-31-27-23-26-30-34-60-51-49(64-42(6)56)48(63-41(5)55)47(62-40(4)54)46(65-51)38-61-39(3)53/h35-37,46-49,51H,7-34,38H2,1-6H3,(H,52,57)/t46-,47+,48+,49-,51-/m1/s1. The minimum atomic E-state index is -1.29. The fourth-order valence-corrected chi connectivity index (χ4v) is 7.84. The van der Waals surface area contributed by atoms with Crippen LogP contribution in [0.5, 0.6) is 11.5 Å². The third-order valence-electron chi connectivity index (χ3n) is 11.3. The molecule has 1 fully saturated rings. The summed E-state index contributed by atoms with van der Waals surface area (Å²) >= 11 is 0. The van der Waals surface area contributed by atoms with Gasteiger partial charge in [-0.3, -0.25) is 24.0 Å². The number of unbranched alkanes of at least 4 members (excludes halogenated alkanes) is 21. The zero-order valence-electron chi connectivity index (χ0n) is 40.9. The molecule has 0 radical (unpaired) electrons. The van der Waals surface area contributed by atoms with E-state index in [1.54, 1.807) is 12.1 Å². The smallest absolute Gasteiger partial charge is 0.303 e. The second kappa shape index (κ2) is 36.2. The third-order valence-corrected chi connectivity index (χ3v) is 11.3. The molecule has 14 nitrogen and oxygen atoms in total. The molecular formula is C51H85NO13. The molecule has 1 saturated heterocycles. The molecule has 14 heteroatoms. The van der Waals surface area contributed by atoms with Crippen LogP contribution in [0, 0.1) is 0 Å². The third kappa shape index (κ3) is 27.4. The molecule has 0 aromatic heterocycles. The van der Waals surface area contributed by atoms with Gasteiger partial charge in [-0.25, -0.2) is 0 Å². The van der Waals surface area contributed by atoms with Gasteiger partial charge in [-0.1, -0.05) is 142 Å². The molecule has 2 rings (SSSR count). The molecule has 1 amide bonds. The van der Waals surface area contributed by atoms with Crippen LogP contribution in [0.2, 0.25) is 0 Å². The lowest BCUT2D eigenvalue weighted by atomic mass is 9.98. The molecule has 0 saturated carbocycles. The summed E-state index contributed by atoms with van der Waals surface area (Å²) in [4.78, 5) is 61.2. The van der Waals surface area contributed by atoms with Gasteiger partial charge in [0, 0.05) is 52.5 Å². The van der Waals surface area contributed by atoms with Crippen LogP contribution in [0.25, 0.3) is 0 Å². The Balaban J connectivity index is 1.89. The highest BCUT2D eigenvalue weighted by Gasteiger charge is 2.52. The Morgan fingerprint density at radius 2 is 0.908 bits per heavy atom. The molecule has 1 aliphatic heterocycles. The van der Waals surface area contributed by atoms with Crippen molar-refractivity contribution in [3.8, 4) is 11.5 Å². The zero-order chi connectivity index (χ0) is 47.5. The predicted molar refractivity (Wildman–Crippen MR) is 250 cm³/mol. The SMILES string of the molecule is CCCCCCCCCCCCOc1cc(OCCCCCCCCCCCC)cc(C(=O)NCCCCCCO[C@@H]2O[C@H](COC(C)=O)[C@H](OC(C)=O)[C@H](OC(C)=O)[C@H]2OC(C)=O)c1. The average molecular weight is 920 g/mol. The highest BCUT2D eigenvalue weighted by Crippen LogP contribution is 2.30. The maximum Gasteiger partial charge on any atom is 0.303 e. The molecule has 0 aliphatic carbocycles. The minimum Gasteiger partial charge on any atom is -0.493 e. The monoisotopic (exact) mass is 920 g/mol. The largest absolute Gasteiger partial charge is 0.493 e. The lowest BCUT2D eigenvalue weighted by Crippen LogP contribution is -2.63. The summed E-state index contributed by atoms with van der Waals surface area (Å²) in [6, 6.07) is 5.49. The number of carbonyl (C=O) groups is 5. The molecule has 1 aromatic rings. The number of hydrogen-bond acceptors (Lipinski definition) is 13. The first-order valence-corrected chi connectivity index (χ1v) is 25.1. The molecular weight excluding hydrogens is 835 g/mol. The fourth-order valence-electron chi connectivity index (χ4n) is 7.84. The summed E-state index contributed by atoms with van der Waals surface area (Å²) in [5, 5.41) is 3.04. The van der Waals surface area contributed by atoms with Gasteiger partial charge in [0.2, 0.25) is 0 Å². The van der Waals surface area contributed by atoms with E-state index in [4.69, 9.17) is 37.9 Å². The molecule has 1 aliphatic rings. The summed E-state index contributed by atoms with van der Waals surface area (Å²) < 4.78 is 45.8. The number of nitrogens with one attached hydrogen (secondary N) is 1. The van der Waals surface area contributed by atoms with Crippen molar-refractivity contribution in [1.82, 2.24) is 5.32 Å². The number of ether oxygens (including phenoxy) is 8. The minimum absolute atomic E-state index is 0.188. The van der Waals surface area contributed by atoms with Gasteiger partial charge in [0.15, 0.2) is 24.6 Å². The van der Waals surface area contributed by atoms with E-state index in [0.29, 0.717) is 43.2 Å². The molecule has 5 atom stereocenters. The molecule has 372 valence electrons. The molecule has 1 aromatic carbocycles. The van der Waals surface area contributed by atoms with Crippen LogP contribution in [-0.4, -0.2) is 93.5 Å². The second-order valence-corrected chi connectivity index (χ2v) is 17.4. The van der Waals surface area contributed by atoms with Crippen LogP contribution >= 0.6 is 0 Å². The van der Waals surface area contributed by atoms with E-state index < -0.39 is 54.6 Å². The van der Waals surface area contributed by atoms with Crippen molar-refractivity contribution in [2.24, 2.45) is 0 Å². The van der Waals surface area contributed by atoms with E-state index in [1.807, 2.05) is 6.07 Å². The molecule has 1 N–H and O–H groups in total. The van der Waals surface area contributed by atoms with Gasteiger partial charge in [-0.05, 0) is 37.8 Å². The molecule has 1 heterocycles. The van der Waals surface area contributed by atoms with Gasteiger partial charge >= 0.3 is 23.9 Å². The fraction of sp³-hybridized carbons (Fsp3) is 0.784. The van der Waals surface area contributed by atoms with Crippen LogP contribution in [0.15, 0.2) is 18.2 Å². The summed E-state index contributed by atoms with van der Waals surface area (Å²) in [7, 11) is 0. The Bertz CT molecular complexity index is 1430. The van der Waals surface area contributed by atoms with Gasteiger partial charge in [-0.15, -0.1) is 0 Å². The maximum atomic E-state index is 13.4. The lowest BCUT2D eigenvalue weighted by molar-refractivity contribution is -0.308. The summed E-state index contributed by atoms with van der Waals surface area (Å²) in [5.41, 5.74) is 0.502. The van der Waals surface area contributed by atoms with Gasteiger partial charge in [0.25, 0.3) is 5.91 Å². The summed E-state index contributed by atoms with van der Waals surface area (Å²) in [6.07, 6.45) is 21.8. The number of esters is 4. The number of amides is 1. The molecule has 0 unspecified atom stereocenters. The summed E-state index contributed by atoms with van der Waals surface area (Å²) in [6.45, 7) is 10.8. The Morgan fingerprint density at radius 1 is 0.492 bits per heavy atom. The van der Waals surface area contributed by atoms with Crippen molar-refractivity contribution < 1.29 is 61.9 Å². The van der Waals surface area contributed by atoms with Crippen molar-refractivity contribution in [3.05, 3.63) is 23.8 Å². The van der Waals surface area contributed by atoms with Gasteiger partial charge in [0.05, 0.1) is 13.2 Å². The lowest BCUT2D eigenvalue weighted by Gasteiger charge is -2.44. The number of hydrogen-bond donors (Lipinski definition) is 1. The van der Waals surface area contributed by atoms with Crippen LogP contribution in [0.1, 0.15) is 206 Å². The highest BCUT2D eigenvalue weighted by molar-refractivity contribution is 5.95. The predicted octanol–water partition coefficient (Wildman–Crippen LogP) is 10.7. The van der Waals surface area contributed by atoms with Gasteiger partial charge in [-0.2, -0.15) is 0 Å². The molecule has 65 heavy (non-hydrogen) atoms. The Morgan fingerprint density at radius 3 is 1.37 bits per heavy atom. The van der Waals surface area contributed by atoms with E-state index >= 15 is 0 Å². The number of carbonyl (C=O) groups excluding carboxylic acids is 5. The van der Waals surface area contributed by atoms with E-state index in [-0.39, 0.29) is 19.1 Å². The first-order chi connectivity index (χ1) is 31.4. The first kappa shape index (κ1) is 57.2. The zero-order valence-corrected chi connectivity index (χ0v) is 40.9. The van der Waals surface area contributed by atoms with E-state index in [1.165, 1.54) is 130 Å². The average Bonchev–Trinajstić information content (AvgIpc) is 3.26.